The first-order valence-electron chi connectivity index (χ1n) is 7.11. The monoisotopic (exact) mass is 286 g/mol. The van der Waals surface area contributed by atoms with Gasteiger partial charge in [0.2, 0.25) is 0 Å². The van der Waals surface area contributed by atoms with Crippen molar-refractivity contribution in [2.75, 3.05) is 26.2 Å². The van der Waals surface area contributed by atoms with Gasteiger partial charge in [-0.1, -0.05) is 0 Å². The molecule has 7 nitrogen and oxygen atoms in total. The van der Waals surface area contributed by atoms with Crippen molar-refractivity contribution in [2.45, 2.75) is 44.4 Å². The number of likely N-dealkylation sites (N-methyl/N-ethyl adjacent to an activating group) is 1. The molecule has 114 valence electrons. The smallest absolute Gasteiger partial charge is 0.326 e. The maximum absolute atomic E-state index is 12.4. The van der Waals surface area contributed by atoms with Gasteiger partial charge >= 0.3 is 12.0 Å². The molecule has 2 aliphatic heterocycles. The van der Waals surface area contributed by atoms with Gasteiger partial charge in [-0.05, 0) is 19.8 Å². The van der Waals surface area contributed by atoms with Crippen molar-refractivity contribution in [2.24, 2.45) is 0 Å². The molecule has 0 aromatic carbocycles. The molecule has 2 saturated heterocycles. The Morgan fingerprint density at radius 3 is 2.75 bits per heavy atom. The molecule has 2 N–H and O–H groups in total. The van der Waals surface area contributed by atoms with Crippen LogP contribution in [-0.4, -0.2) is 76.5 Å². The number of nitrogens with zero attached hydrogens (tertiary/aromatic N) is 2. The molecule has 0 aromatic rings. The summed E-state index contributed by atoms with van der Waals surface area (Å²) in [6.45, 7) is 3.63. The quantitative estimate of drug-likeness (QED) is 0.766. The molecule has 0 radical (unpaired) electrons. The number of urea groups is 1. The summed E-state index contributed by atoms with van der Waals surface area (Å²) < 4.78 is 5.52. The number of carboxylic acid groups (broad SMARTS) is 1. The van der Waals surface area contributed by atoms with Gasteiger partial charge in [0.1, 0.15) is 6.04 Å². The molecule has 0 aliphatic carbocycles. The SMILES string of the molecule is CCN(CC1CCCO1)C(=O)N1C[C@H](O)C[C@@H]1C(=O)O. The summed E-state index contributed by atoms with van der Waals surface area (Å²) in [5, 5.41) is 18.7. The number of rotatable bonds is 4. The lowest BCUT2D eigenvalue weighted by Gasteiger charge is -2.30. The number of hydrogen-bond donors (Lipinski definition) is 2. The molecular weight excluding hydrogens is 264 g/mol. The minimum absolute atomic E-state index is 0.0368. The predicted molar refractivity (Wildman–Crippen MR) is 70.4 cm³/mol. The summed E-state index contributed by atoms with van der Waals surface area (Å²) in [5.41, 5.74) is 0. The lowest BCUT2D eigenvalue weighted by molar-refractivity contribution is -0.141. The Hall–Kier alpha value is -1.34. The highest BCUT2D eigenvalue weighted by Crippen LogP contribution is 2.21. The van der Waals surface area contributed by atoms with Crippen LogP contribution < -0.4 is 0 Å². The standard InChI is InChI=1S/C13H22N2O5/c1-2-14(8-10-4-3-5-20-10)13(19)15-7-9(16)6-11(15)12(17)18/h9-11,16H,2-8H2,1H3,(H,17,18)/t9-,10?,11-/m1/s1. The summed E-state index contributed by atoms with van der Waals surface area (Å²) in [6.07, 6.45) is 1.29. The number of β-amino-alcohol motifs (C(OH)–C–C–N with tert-alkyl or cyclic N) is 1. The lowest BCUT2D eigenvalue weighted by Crippen LogP contribution is -2.50. The first kappa shape index (κ1) is 15.1. The Morgan fingerprint density at radius 2 is 2.20 bits per heavy atom. The summed E-state index contributed by atoms with van der Waals surface area (Å²) >= 11 is 0. The van der Waals surface area contributed by atoms with E-state index in [4.69, 9.17) is 9.84 Å². The van der Waals surface area contributed by atoms with E-state index < -0.39 is 18.1 Å². The summed E-state index contributed by atoms with van der Waals surface area (Å²) in [6, 6.07) is -1.26. The number of amides is 2. The predicted octanol–water partition coefficient (Wildman–Crippen LogP) is 0.127. The highest BCUT2D eigenvalue weighted by Gasteiger charge is 2.40. The molecule has 1 unspecified atom stereocenters. The molecule has 0 bridgehead atoms. The Kier molecular flexibility index (Phi) is 4.82. The molecule has 2 fully saturated rings. The Labute approximate surface area is 118 Å². The van der Waals surface area contributed by atoms with Crippen LogP contribution in [-0.2, 0) is 9.53 Å². The van der Waals surface area contributed by atoms with Crippen LogP contribution in [0.4, 0.5) is 4.79 Å². The van der Waals surface area contributed by atoms with Gasteiger partial charge < -0.3 is 24.7 Å². The van der Waals surface area contributed by atoms with Crippen LogP contribution in [0.5, 0.6) is 0 Å². The van der Waals surface area contributed by atoms with E-state index in [2.05, 4.69) is 0 Å². The molecule has 2 rings (SSSR count). The number of carbonyl (C=O) groups excluding carboxylic acids is 1. The third-order valence-corrected chi connectivity index (χ3v) is 3.91. The number of likely N-dealkylation sites (tertiary alicyclic amines) is 1. The van der Waals surface area contributed by atoms with Crippen LogP contribution in [0.25, 0.3) is 0 Å². The molecule has 2 heterocycles. The van der Waals surface area contributed by atoms with Gasteiger partial charge in [0.25, 0.3) is 0 Å². The third-order valence-electron chi connectivity index (χ3n) is 3.91. The zero-order valence-corrected chi connectivity index (χ0v) is 11.7. The average Bonchev–Trinajstić information content (AvgIpc) is 3.04. The highest BCUT2D eigenvalue weighted by molar-refractivity contribution is 5.83. The maximum atomic E-state index is 12.4. The number of aliphatic hydroxyl groups excluding tert-OH is 1. The molecule has 2 aliphatic rings. The van der Waals surface area contributed by atoms with Gasteiger partial charge in [-0.15, -0.1) is 0 Å². The molecule has 0 spiro atoms. The fraction of sp³-hybridized carbons (Fsp3) is 0.846. The Balaban J connectivity index is 2.01. The van der Waals surface area contributed by atoms with Crippen LogP contribution in [0.3, 0.4) is 0 Å². The van der Waals surface area contributed by atoms with Crippen LogP contribution in [0.15, 0.2) is 0 Å². The highest BCUT2D eigenvalue weighted by atomic mass is 16.5. The van der Waals surface area contributed by atoms with Crippen molar-refractivity contribution in [3.63, 3.8) is 0 Å². The molecule has 2 amide bonds. The molecular formula is C13H22N2O5. The van der Waals surface area contributed by atoms with Crippen molar-refractivity contribution in [3.05, 3.63) is 0 Å². The summed E-state index contributed by atoms with van der Waals surface area (Å²) in [7, 11) is 0. The van der Waals surface area contributed by atoms with Crippen LogP contribution in [0.2, 0.25) is 0 Å². The number of hydrogen-bond acceptors (Lipinski definition) is 4. The molecule has 7 heteroatoms. The van der Waals surface area contributed by atoms with E-state index in [1.54, 1.807) is 4.90 Å². The maximum Gasteiger partial charge on any atom is 0.326 e. The van der Waals surface area contributed by atoms with E-state index in [0.717, 1.165) is 19.4 Å². The zero-order valence-electron chi connectivity index (χ0n) is 11.7. The molecule has 0 aromatic heterocycles. The zero-order chi connectivity index (χ0) is 14.7. The molecule has 3 atom stereocenters. The van der Waals surface area contributed by atoms with Gasteiger partial charge in [0, 0.05) is 32.7 Å². The number of carbonyl (C=O) groups is 2. The number of aliphatic carboxylic acids is 1. The van der Waals surface area contributed by atoms with Gasteiger partial charge in [0.05, 0.1) is 12.2 Å². The van der Waals surface area contributed by atoms with E-state index in [1.165, 1.54) is 4.90 Å². The van der Waals surface area contributed by atoms with Crippen molar-refractivity contribution >= 4 is 12.0 Å². The second kappa shape index (κ2) is 6.41. The van der Waals surface area contributed by atoms with E-state index >= 15 is 0 Å². The van der Waals surface area contributed by atoms with Gasteiger partial charge in [-0.2, -0.15) is 0 Å². The number of carboxylic acids is 1. The number of ether oxygens (including phenoxy) is 1. The summed E-state index contributed by atoms with van der Waals surface area (Å²) in [4.78, 5) is 26.5. The minimum atomic E-state index is -1.07. The Bertz CT molecular complexity index is 370. The van der Waals surface area contributed by atoms with Crippen LogP contribution in [0.1, 0.15) is 26.2 Å². The number of aliphatic hydroxyl groups is 1. The van der Waals surface area contributed by atoms with Gasteiger partial charge in [-0.3, -0.25) is 0 Å². The van der Waals surface area contributed by atoms with Crippen LogP contribution in [0, 0.1) is 0 Å². The first-order valence-corrected chi connectivity index (χ1v) is 7.11. The molecule has 0 saturated carbocycles. The summed E-state index contributed by atoms with van der Waals surface area (Å²) in [5.74, 6) is -1.07. The first-order chi connectivity index (χ1) is 9.52. The second-order valence-corrected chi connectivity index (χ2v) is 5.35. The lowest BCUT2D eigenvalue weighted by atomic mass is 10.2. The van der Waals surface area contributed by atoms with E-state index in [9.17, 15) is 14.7 Å². The Morgan fingerprint density at radius 1 is 1.45 bits per heavy atom. The van der Waals surface area contributed by atoms with E-state index in [-0.39, 0.29) is 25.1 Å². The third kappa shape index (κ3) is 3.21. The van der Waals surface area contributed by atoms with Gasteiger partial charge in [-0.25, -0.2) is 9.59 Å². The van der Waals surface area contributed by atoms with E-state index in [1.807, 2.05) is 6.92 Å². The average molecular weight is 286 g/mol. The second-order valence-electron chi connectivity index (χ2n) is 5.35. The largest absolute Gasteiger partial charge is 0.480 e. The van der Waals surface area contributed by atoms with Crippen molar-refractivity contribution in [3.8, 4) is 0 Å². The van der Waals surface area contributed by atoms with E-state index in [0.29, 0.717) is 13.1 Å². The minimum Gasteiger partial charge on any atom is -0.480 e. The van der Waals surface area contributed by atoms with Crippen LogP contribution >= 0.6 is 0 Å². The fourth-order valence-corrected chi connectivity index (χ4v) is 2.82. The normalized spacial score (nSPS) is 29.7. The van der Waals surface area contributed by atoms with Crippen molar-refractivity contribution in [1.82, 2.24) is 9.80 Å². The van der Waals surface area contributed by atoms with Gasteiger partial charge in [0.15, 0.2) is 0 Å². The van der Waals surface area contributed by atoms with Crippen molar-refractivity contribution in [1.29, 1.82) is 0 Å². The fourth-order valence-electron chi connectivity index (χ4n) is 2.82. The van der Waals surface area contributed by atoms with Crippen molar-refractivity contribution < 1.29 is 24.5 Å². The topological polar surface area (TPSA) is 90.3 Å². The molecule has 20 heavy (non-hydrogen) atoms.